The van der Waals surface area contributed by atoms with Crippen LogP contribution in [-0.2, 0) is 41.7 Å². The van der Waals surface area contributed by atoms with Crippen molar-refractivity contribution in [2.75, 3.05) is 12.0 Å². The van der Waals surface area contributed by atoms with E-state index in [2.05, 4.69) is 0 Å². The molecule has 1 heterocycles. The lowest BCUT2D eigenvalue weighted by Crippen LogP contribution is -2.80. The van der Waals surface area contributed by atoms with Gasteiger partial charge in [-0.3, -0.25) is 19.4 Å². The highest BCUT2D eigenvalue weighted by Gasteiger charge is 2.67. The normalized spacial score (nSPS) is 17.2. The number of benzene rings is 2. The maximum absolute atomic E-state index is 13.5. The summed E-state index contributed by atoms with van der Waals surface area (Å²) in [5, 5.41) is 0. The SMILES string of the molecule is COC1(N(C(C)=O)c2ccccc2)C(=O)N(C(C(=O)OCc2ccccc2)=C(C)C)C1=S=O. The van der Waals surface area contributed by atoms with Gasteiger partial charge < -0.3 is 9.47 Å². The van der Waals surface area contributed by atoms with Gasteiger partial charge in [0, 0.05) is 19.7 Å². The Balaban J connectivity index is 1.98. The summed E-state index contributed by atoms with van der Waals surface area (Å²) in [5.41, 5.74) is -0.462. The van der Waals surface area contributed by atoms with Crippen molar-refractivity contribution in [1.82, 2.24) is 4.90 Å². The Bertz CT molecular complexity index is 1150. The van der Waals surface area contributed by atoms with Crippen LogP contribution in [-0.4, -0.2) is 44.7 Å². The molecule has 0 spiro atoms. The second kappa shape index (κ2) is 9.93. The number of β-lactam (4-membered cyclic amide) rings is 1. The highest BCUT2D eigenvalue weighted by atomic mass is 32.1. The third kappa shape index (κ3) is 4.24. The molecule has 2 aromatic rings. The molecule has 0 saturated carbocycles. The molecule has 0 N–H and O–H groups in total. The highest BCUT2D eigenvalue weighted by Crippen LogP contribution is 2.39. The number of methoxy groups -OCH3 is 1. The zero-order valence-corrected chi connectivity index (χ0v) is 19.5. The van der Waals surface area contributed by atoms with Crippen molar-refractivity contribution in [3.05, 3.63) is 77.5 Å². The fraction of sp³-hybridized carbons (Fsp3) is 0.250. The van der Waals surface area contributed by atoms with Crippen molar-refractivity contribution in [2.24, 2.45) is 0 Å². The first-order chi connectivity index (χ1) is 15.8. The molecule has 33 heavy (non-hydrogen) atoms. The Kier molecular flexibility index (Phi) is 7.25. The molecule has 1 unspecified atom stereocenters. The minimum absolute atomic E-state index is 0.00264. The van der Waals surface area contributed by atoms with E-state index < -0.39 is 23.5 Å². The number of amides is 2. The molecule has 172 valence electrons. The molecule has 0 bridgehead atoms. The van der Waals surface area contributed by atoms with Crippen LogP contribution in [0.15, 0.2) is 71.9 Å². The summed E-state index contributed by atoms with van der Waals surface area (Å²) in [6.45, 7) is 4.53. The van der Waals surface area contributed by atoms with Gasteiger partial charge in [0.15, 0.2) is 4.99 Å². The number of para-hydroxylation sites is 1. The smallest absolute Gasteiger partial charge is 0.355 e. The fourth-order valence-electron chi connectivity index (χ4n) is 3.66. The zero-order valence-electron chi connectivity index (χ0n) is 18.7. The predicted molar refractivity (Wildman–Crippen MR) is 124 cm³/mol. The Morgan fingerprint density at radius 2 is 1.58 bits per heavy atom. The molecule has 1 aliphatic heterocycles. The standard InChI is InChI=1S/C24H24N2O6S/c1-16(2)20(21(28)32-15-18-11-7-5-8-12-18)25-22(29)24(31-4,23(25)33-30)26(17(3)27)19-13-9-6-10-14-19/h5-14H,15H2,1-4H3. The van der Waals surface area contributed by atoms with Crippen LogP contribution in [0.1, 0.15) is 26.3 Å². The van der Waals surface area contributed by atoms with E-state index >= 15 is 0 Å². The molecule has 2 aromatic carbocycles. The van der Waals surface area contributed by atoms with E-state index in [-0.39, 0.29) is 28.5 Å². The topological polar surface area (TPSA) is 93.2 Å². The van der Waals surface area contributed by atoms with Crippen molar-refractivity contribution in [2.45, 2.75) is 33.1 Å². The van der Waals surface area contributed by atoms with Crippen LogP contribution in [0, 0.1) is 0 Å². The lowest BCUT2D eigenvalue weighted by Gasteiger charge is -2.52. The van der Waals surface area contributed by atoms with Gasteiger partial charge in [-0.05, 0) is 37.1 Å². The van der Waals surface area contributed by atoms with Crippen LogP contribution in [0.3, 0.4) is 0 Å². The fourth-order valence-corrected chi connectivity index (χ4v) is 4.28. The van der Waals surface area contributed by atoms with Gasteiger partial charge in [0.2, 0.25) is 5.91 Å². The van der Waals surface area contributed by atoms with E-state index in [1.54, 1.807) is 56.3 Å². The Morgan fingerprint density at radius 3 is 2.06 bits per heavy atom. The second-order valence-electron chi connectivity index (χ2n) is 7.48. The van der Waals surface area contributed by atoms with Gasteiger partial charge in [-0.25, -0.2) is 9.00 Å². The molecule has 1 atom stereocenters. The number of carbonyl (C=O) groups is 3. The molecule has 8 nitrogen and oxygen atoms in total. The third-order valence-corrected chi connectivity index (χ3v) is 5.72. The van der Waals surface area contributed by atoms with E-state index in [1.807, 2.05) is 18.2 Å². The summed E-state index contributed by atoms with van der Waals surface area (Å²) in [4.78, 5) is 41.0. The number of nitrogens with zero attached hydrogens (tertiary/aromatic N) is 2. The number of likely N-dealkylation sites (tertiary alicyclic amines) is 1. The Morgan fingerprint density at radius 1 is 1.00 bits per heavy atom. The zero-order chi connectivity index (χ0) is 24.2. The monoisotopic (exact) mass is 468 g/mol. The van der Waals surface area contributed by atoms with Crippen molar-refractivity contribution in [3.63, 3.8) is 0 Å². The van der Waals surface area contributed by atoms with Crippen molar-refractivity contribution >= 4 is 39.7 Å². The molecule has 1 aliphatic rings. The predicted octanol–water partition coefficient (Wildman–Crippen LogP) is 2.60. The van der Waals surface area contributed by atoms with Gasteiger partial charge in [0.05, 0.1) is 0 Å². The molecule has 0 radical (unpaired) electrons. The number of rotatable bonds is 7. The van der Waals surface area contributed by atoms with Gasteiger partial charge in [-0.2, -0.15) is 0 Å². The summed E-state index contributed by atoms with van der Waals surface area (Å²) in [6, 6.07) is 17.5. The van der Waals surface area contributed by atoms with Gasteiger partial charge in [0.1, 0.15) is 23.6 Å². The van der Waals surface area contributed by atoms with E-state index in [4.69, 9.17) is 9.47 Å². The van der Waals surface area contributed by atoms with E-state index in [1.165, 1.54) is 14.0 Å². The number of hydrogen-bond acceptors (Lipinski definition) is 6. The van der Waals surface area contributed by atoms with E-state index in [0.29, 0.717) is 11.3 Å². The summed E-state index contributed by atoms with van der Waals surface area (Å²) in [7, 11) is 1.24. The summed E-state index contributed by atoms with van der Waals surface area (Å²) < 4.78 is 23.1. The van der Waals surface area contributed by atoms with Gasteiger partial charge >= 0.3 is 5.97 Å². The van der Waals surface area contributed by atoms with Crippen molar-refractivity contribution in [3.8, 4) is 0 Å². The number of hydrogen-bond donors (Lipinski definition) is 0. The first kappa shape index (κ1) is 24.1. The molecule has 1 saturated heterocycles. The molecule has 3 rings (SSSR count). The van der Waals surface area contributed by atoms with Gasteiger partial charge in [-0.1, -0.05) is 48.5 Å². The van der Waals surface area contributed by atoms with Crippen LogP contribution < -0.4 is 4.90 Å². The number of ether oxygens (including phenoxy) is 2. The van der Waals surface area contributed by atoms with Crippen molar-refractivity contribution in [1.29, 1.82) is 0 Å². The number of carbonyl (C=O) groups excluding carboxylic acids is 3. The lowest BCUT2D eigenvalue weighted by molar-refractivity contribution is -0.157. The third-order valence-electron chi connectivity index (χ3n) is 5.11. The van der Waals surface area contributed by atoms with E-state index in [0.717, 1.165) is 15.4 Å². The van der Waals surface area contributed by atoms with Gasteiger partial charge in [-0.15, -0.1) is 0 Å². The number of anilines is 1. The molecule has 2 amide bonds. The van der Waals surface area contributed by atoms with Crippen LogP contribution in [0.4, 0.5) is 5.69 Å². The van der Waals surface area contributed by atoms with Crippen LogP contribution in [0.25, 0.3) is 0 Å². The molecule has 1 fully saturated rings. The molecular weight excluding hydrogens is 444 g/mol. The first-order valence-corrected chi connectivity index (χ1v) is 10.8. The second-order valence-corrected chi connectivity index (χ2v) is 8.03. The Labute approximate surface area is 195 Å². The average molecular weight is 469 g/mol. The molecular formula is C24H24N2O6S. The first-order valence-electron chi connectivity index (χ1n) is 10.1. The minimum atomic E-state index is -1.99. The molecule has 9 heteroatoms. The average Bonchev–Trinajstić information content (AvgIpc) is 2.81. The maximum atomic E-state index is 13.5. The Hall–Kier alpha value is -3.56. The van der Waals surface area contributed by atoms with Crippen LogP contribution >= 0.6 is 0 Å². The largest absolute Gasteiger partial charge is 0.456 e. The van der Waals surface area contributed by atoms with Crippen LogP contribution in [0.2, 0.25) is 0 Å². The van der Waals surface area contributed by atoms with E-state index in [9.17, 15) is 18.6 Å². The van der Waals surface area contributed by atoms with Crippen LogP contribution in [0.5, 0.6) is 0 Å². The summed E-state index contributed by atoms with van der Waals surface area (Å²) in [6.07, 6.45) is 0. The highest BCUT2D eigenvalue weighted by molar-refractivity contribution is 7.67. The molecule has 0 aromatic heterocycles. The summed E-state index contributed by atoms with van der Waals surface area (Å²) >= 11 is -0.0161. The molecule has 0 aliphatic carbocycles. The number of allylic oxidation sites excluding steroid dienone is 1. The summed E-state index contributed by atoms with van der Waals surface area (Å²) in [5.74, 6) is -2.01. The van der Waals surface area contributed by atoms with Gasteiger partial charge in [0.25, 0.3) is 11.6 Å². The number of esters is 1. The van der Waals surface area contributed by atoms with Crippen molar-refractivity contribution < 1.29 is 28.1 Å². The minimum Gasteiger partial charge on any atom is -0.456 e. The quantitative estimate of drug-likeness (QED) is 0.204. The lowest BCUT2D eigenvalue weighted by atomic mass is 9.96. The maximum Gasteiger partial charge on any atom is 0.355 e.